The van der Waals surface area contributed by atoms with Gasteiger partial charge in [-0.2, -0.15) is 4.72 Å². The highest BCUT2D eigenvalue weighted by molar-refractivity contribution is 7.91. The normalized spacial score (nSPS) is 13.7. The average molecular weight is 501 g/mol. The Labute approximate surface area is 185 Å². The van der Waals surface area contributed by atoms with Crippen LogP contribution in [0.4, 0.5) is 0 Å². The molecule has 2 rings (SSSR count). The Hall–Kier alpha value is -0.720. The summed E-state index contributed by atoms with van der Waals surface area (Å²) in [6.07, 6.45) is -1.28. The maximum atomic E-state index is 12.9. The van der Waals surface area contributed by atoms with Crippen LogP contribution in [0.15, 0.2) is 38.8 Å². The molecule has 1 heterocycles. The molecular formula is C17H22Cl2N2O5S3. The Balaban J connectivity index is 2.55. The zero-order valence-corrected chi connectivity index (χ0v) is 19.9. The van der Waals surface area contributed by atoms with Gasteiger partial charge in [-0.3, -0.25) is 0 Å². The van der Waals surface area contributed by atoms with Crippen molar-refractivity contribution in [3.8, 4) is 0 Å². The Morgan fingerprint density at radius 2 is 1.76 bits per heavy atom. The Morgan fingerprint density at radius 1 is 1.10 bits per heavy atom. The van der Waals surface area contributed by atoms with Crippen LogP contribution < -0.4 is 9.44 Å². The maximum Gasteiger partial charge on any atom is 0.252 e. The van der Waals surface area contributed by atoms with Gasteiger partial charge >= 0.3 is 0 Å². The van der Waals surface area contributed by atoms with Crippen LogP contribution in [0.3, 0.4) is 0 Å². The zero-order chi connectivity index (χ0) is 21.8. The molecular weight excluding hydrogens is 479 g/mol. The van der Waals surface area contributed by atoms with Gasteiger partial charge in [0.1, 0.15) is 10.4 Å². The van der Waals surface area contributed by atoms with Crippen molar-refractivity contribution in [3.05, 3.63) is 45.3 Å². The predicted molar refractivity (Wildman–Crippen MR) is 115 cm³/mol. The van der Waals surface area contributed by atoms with Crippen LogP contribution >= 0.6 is 34.5 Å². The minimum Gasteiger partial charge on any atom is -0.358 e. The second-order valence-electron chi connectivity index (χ2n) is 6.44. The SMILES string of the molecule is CCOC(NS(=O)(=O)c1cccs1)c1cc(Cl)c(Cl)cc1S(=O)(=O)NCC(C)C. The fourth-order valence-electron chi connectivity index (χ4n) is 2.31. The fourth-order valence-corrected chi connectivity index (χ4v) is 6.28. The molecule has 0 amide bonds. The van der Waals surface area contributed by atoms with Crippen LogP contribution in [-0.4, -0.2) is 30.0 Å². The first-order chi connectivity index (χ1) is 13.5. The van der Waals surface area contributed by atoms with Gasteiger partial charge in [0, 0.05) is 18.7 Å². The van der Waals surface area contributed by atoms with Gasteiger partial charge in [-0.15, -0.1) is 11.3 Å². The van der Waals surface area contributed by atoms with Gasteiger partial charge < -0.3 is 4.74 Å². The lowest BCUT2D eigenvalue weighted by Gasteiger charge is -2.22. The molecule has 0 spiro atoms. The minimum atomic E-state index is -4.00. The van der Waals surface area contributed by atoms with E-state index >= 15 is 0 Å². The molecule has 162 valence electrons. The number of hydrogen-bond acceptors (Lipinski definition) is 6. The standard InChI is InChI=1S/C17H22Cl2N2O5S3/c1-4-26-17(21-29(24,25)16-6-5-7-27-16)12-8-13(18)14(19)9-15(12)28(22,23)20-10-11(2)3/h5-9,11,17,20-21H,4,10H2,1-3H3. The molecule has 0 aliphatic heterocycles. The zero-order valence-electron chi connectivity index (χ0n) is 16.0. The molecule has 1 unspecified atom stereocenters. The van der Waals surface area contributed by atoms with Crippen molar-refractivity contribution >= 4 is 54.6 Å². The van der Waals surface area contributed by atoms with Crippen molar-refractivity contribution in [1.82, 2.24) is 9.44 Å². The van der Waals surface area contributed by atoms with Crippen molar-refractivity contribution in [3.63, 3.8) is 0 Å². The Kier molecular flexibility index (Phi) is 8.51. The molecule has 29 heavy (non-hydrogen) atoms. The van der Waals surface area contributed by atoms with Crippen molar-refractivity contribution in [1.29, 1.82) is 0 Å². The summed E-state index contributed by atoms with van der Waals surface area (Å²) in [6.45, 7) is 5.70. The topological polar surface area (TPSA) is 102 Å². The van der Waals surface area contributed by atoms with Crippen molar-refractivity contribution in [2.24, 2.45) is 5.92 Å². The van der Waals surface area contributed by atoms with Gasteiger partial charge in [0.2, 0.25) is 10.0 Å². The average Bonchev–Trinajstić information content (AvgIpc) is 3.17. The van der Waals surface area contributed by atoms with Gasteiger partial charge in [0.05, 0.1) is 14.9 Å². The Morgan fingerprint density at radius 3 is 2.31 bits per heavy atom. The van der Waals surface area contributed by atoms with Crippen molar-refractivity contribution in [2.45, 2.75) is 36.1 Å². The van der Waals surface area contributed by atoms with Crippen LogP contribution in [0.1, 0.15) is 32.6 Å². The van der Waals surface area contributed by atoms with E-state index in [1.807, 2.05) is 13.8 Å². The number of halogens is 2. The van der Waals surface area contributed by atoms with Gasteiger partial charge in [-0.05, 0) is 36.4 Å². The van der Waals surface area contributed by atoms with Gasteiger partial charge in [-0.1, -0.05) is 43.1 Å². The summed E-state index contributed by atoms with van der Waals surface area (Å²) in [5.41, 5.74) is 0.0395. The first-order valence-electron chi connectivity index (χ1n) is 8.64. The summed E-state index contributed by atoms with van der Waals surface area (Å²) < 4.78 is 61.6. The van der Waals surface area contributed by atoms with E-state index in [-0.39, 0.29) is 43.8 Å². The second-order valence-corrected chi connectivity index (χ2v) is 11.9. The van der Waals surface area contributed by atoms with E-state index in [1.165, 1.54) is 18.2 Å². The molecule has 0 bridgehead atoms. The van der Waals surface area contributed by atoms with E-state index in [9.17, 15) is 16.8 Å². The minimum absolute atomic E-state index is 0.0247. The van der Waals surface area contributed by atoms with E-state index in [2.05, 4.69) is 9.44 Å². The molecule has 1 atom stereocenters. The number of hydrogen-bond donors (Lipinski definition) is 2. The summed E-state index contributed by atoms with van der Waals surface area (Å²) in [5.74, 6) is 0.0658. The first-order valence-corrected chi connectivity index (χ1v) is 13.2. The molecule has 1 aromatic carbocycles. The summed E-state index contributed by atoms with van der Waals surface area (Å²) in [5, 5.41) is 1.72. The van der Waals surface area contributed by atoms with Crippen molar-refractivity contribution < 1.29 is 21.6 Å². The van der Waals surface area contributed by atoms with Crippen LogP contribution in [0.2, 0.25) is 10.0 Å². The molecule has 0 saturated heterocycles. The van der Waals surface area contributed by atoms with Crippen LogP contribution in [-0.2, 0) is 24.8 Å². The lowest BCUT2D eigenvalue weighted by molar-refractivity contribution is 0.0526. The van der Waals surface area contributed by atoms with Crippen LogP contribution in [0, 0.1) is 5.92 Å². The van der Waals surface area contributed by atoms with Gasteiger partial charge in [0.25, 0.3) is 10.0 Å². The second kappa shape index (κ2) is 10.1. The summed E-state index contributed by atoms with van der Waals surface area (Å²) in [6, 6.07) is 5.52. The van der Waals surface area contributed by atoms with E-state index in [1.54, 1.807) is 18.4 Å². The Bertz CT molecular complexity index is 1040. The van der Waals surface area contributed by atoms with E-state index in [0.717, 1.165) is 11.3 Å². The highest BCUT2D eigenvalue weighted by Gasteiger charge is 2.29. The third-order valence-electron chi connectivity index (χ3n) is 3.66. The third-order valence-corrected chi connectivity index (χ3v) is 8.66. The molecule has 0 saturated carbocycles. The summed E-state index contributed by atoms with van der Waals surface area (Å²) >= 11 is 13.2. The van der Waals surface area contributed by atoms with E-state index in [0.29, 0.717) is 0 Å². The molecule has 2 aromatic rings. The quantitative estimate of drug-likeness (QED) is 0.480. The molecule has 1 aromatic heterocycles. The summed E-state index contributed by atoms with van der Waals surface area (Å²) in [4.78, 5) is -0.208. The largest absolute Gasteiger partial charge is 0.358 e. The fraction of sp³-hybridized carbons (Fsp3) is 0.412. The highest BCUT2D eigenvalue weighted by atomic mass is 35.5. The van der Waals surface area contributed by atoms with Gasteiger partial charge in [0.15, 0.2) is 0 Å². The maximum absolute atomic E-state index is 12.9. The smallest absolute Gasteiger partial charge is 0.252 e. The highest BCUT2D eigenvalue weighted by Crippen LogP contribution is 2.33. The molecule has 0 aliphatic rings. The first kappa shape index (κ1) is 24.5. The predicted octanol–water partition coefficient (Wildman–Crippen LogP) is 4.00. The molecule has 2 N–H and O–H groups in total. The number of ether oxygens (including phenoxy) is 1. The monoisotopic (exact) mass is 500 g/mol. The lowest BCUT2D eigenvalue weighted by Crippen LogP contribution is -2.33. The third kappa shape index (κ3) is 6.38. The van der Waals surface area contributed by atoms with Crippen molar-refractivity contribution in [2.75, 3.05) is 13.2 Å². The number of sulfonamides is 2. The van der Waals surface area contributed by atoms with Crippen LogP contribution in [0.25, 0.3) is 0 Å². The molecule has 7 nitrogen and oxygen atoms in total. The number of thiophene rings is 1. The number of rotatable bonds is 10. The van der Waals surface area contributed by atoms with Gasteiger partial charge in [-0.25, -0.2) is 21.6 Å². The molecule has 12 heteroatoms. The van der Waals surface area contributed by atoms with Crippen LogP contribution in [0.5, 0.6) is 0 Å². The lowest BCUT2D eigenvalue weighted by atomic mass is 10.2. The summed E-state index contributed by atoms with van der Waals surface area (Å²) in [7, 11) is -7.95. The van der Waals surface area contributed by atoms with E-state index in [4.69, 9.17) is 27.9 Å². The number of benzene rings is 1. The molecule has 0 radical (unpaired) electrons. The number of nitrogens with one attached hydrogen (secondary N) is 2. The molecule has 0 aliphatic carbocycles. The van der Waals surface area contributed by atoms with E-state index < -0.39 is 26.3 Å². The molecule has 0 fully saturated rings.